The molecule has 1 aliphatic rings. The van der Waals surface area contributed by atoms with Gasteiger partial charge >= 0.3 is 0 Å². The second kappa shape index (κ2) is 5.23. The number of aliphatic hydroxyl groups is 1. The third-order valence-corrected chi connectivity index (χ3v) is 3.61. The molecule has 0 aromatic heterocycles. The fourth-order valence-electron chi connectivity index (χ4n) is 2.10. The van der Waals surface area contributed by atoms with Crippen LogP contribution in [0.5, 0.6) is 0 Å². The van der Waals surface area contributed by atoms with Crippen LogP contribution in [0.15, 0.2) is 24.3 Å². The third-order valence-electron chi connectivity index (χ3n) is 2.94. The van der Waals surface area contributed by atoms with E-state index >= 15 is 0 Å². The Balaban J connectivity index is 2.25. The smallest absolute Gasteiger partial charge is 0.254 e. The average molecular weight is 360 g/mol. The van der Waals surface area contributed by atoms with Crippen molar-refractivity contribution in [1.82, 2.24) is 4.90 Å². The van der Waals surface area contributed by atoms with Gasteiger partial charge in [0.1, 0.15) is 6.04 Å². The van der Waals surface area contributed by atoms with Crippen LogP contribution in [0.3, 0.4) is 0 Å². The number of nitrogens with two attached hydrogens (primary N) is 1. The van der Waals surface area contributed by atoms with Gasteiger partial charge in [-0.25, -0.2) is 0 Å². The minimum Gasteiger partial charge on any atom is -0.391 e. The Bertz CT molecular complexity index is 492. The first-order valence-corrected chi connectivity index (χ1v) is 6.61. The van der Waals surface area contributed by atoms with E-state index in [4.69, 9.17) is 5.73 Å². The molecule has 0 aliphatic carbocycles. The molecule has 2 rings (SSSR count). The highest BCUT2D eigenvalue weighted by Gasteiger charge is 2.38. The number of rotatable bonds is 2. The number of carbonyl (C=O) groups is 2. The molecule has 2 unspecified atom stereocenters. The van der Waals surface area contributed by atoms with Crippen LogP contribution in [0, 0.1) is 3.57 Å². The molecule has 96 valence electrons. The van der Waals surface area contributed by atoms with Gasteiger partial charge < -0.3 is 15.7 Å². The summed E-state index contributed by atoms with van der Waals surface area (Å²) in [6.07, 6.45) is -0.473. The predicted molar refractivity (Wildman–Crippen MR) is 73.8 cm³/mol. The Kier molecular flexibility index (Phi) is 3.86. The molecule has 5 nitrogen and oxygen atoms in total. The monoisotopic (exact) mass is 360 g/mol. The van der Waals surface area contributed by atoms with Crippen molar-refractivity contribution in [2.24, 2.45) is 5.73 Å². The van der Waals surface area contributed by atoms with Crippen molar-refractivity contribution in [3.8, 4) is 0 Å². The van der Waals surface area contributed by atoms with Crippen LogP contribution in [-0.2, 0) is 4.79 Å². The van der Waals surface area contributed by atoms with Gasteiger partial charge in [0.05, 0.1) is 6.10 Å². The molecule has 2 atom stereocenters. The summed E-state index contributed by atoms with van der Waals surface area (Å²) in [5.41, 5.74) is 5.75. The molecular weight excluding hydrogens is 347 g/mol. The van der Waals surface area contributed by atoms with Crippen molar-refractivity contribution in [3.05, 3.63) is 33.4 Å². The van der Waals surface area contributed by atoms with E-state index in [1.54, 1.807) is 18.2 Å². The zero-order valence-electron chi connectivity index (χ0n) is 9.54. The van der Waals surface area contributed by atoms with Crippen LogP contribution in [0.1, 0.15) is 16.8 Å². The molecule has 1 aromatic carbocycles. The molecular formula is C12H13IN2O3. The molecule has 1 aromatic rings. The number of β-amino-alcohol motifs (C(OH)–C–C–N with tert-alkyl or cyclic N) is 1. The molecule has 1 saturated heterocycles. The van der Waals surface area contributed by atoms with E-state index < -0.39 is 18.1 Å². The second-order valence-corrected chi connectivity index (χ2v) is 5.52. The Hall–Kier alpha value is -1.15. The van der Waals surface area contributed by atoms with E-state index in [1.165, 1.54) is 4.90 Å². The lowest BCUT2D eigenvalue weighted by molar-refractivity contribution is -0.121. The highest BCUT2D eigenvalue weighted by atomic mass is 127. The first-order chi connectivity index (χ1) is 8.49. The lowest BCUT2D eigenvalue weighted by atomic mass is 10.1. The number of nitrogens with zero attached hydrogens (tertiary/aromatic N) is 1. The summed E-state index contributed by atoms with van der Waals surface area (Å²) in [4.78, 5) is 24.9. The van der Waals surface area contributed by atoms with E-state index in [0.717, 1.165) is 3.57 Å². The Labute approximate surface area is 118 Å². The topological polar surface area (TPSA) is 83.6 Å². The summed E-state index contributed by atoms with van der Waals surface area (Å²) >= 11 is 2.11. The number of carbonyl (C=O) groups excluding carboxylic acids is 2. The Morgan fingerprint density at radius 2 is 2.17 bits per heavy atom. The number of amides is 2. The van der Waals surface area contributed by atoms with E-state index in [-0.39, 0.29) is 18.9 Å². The van der Waals surface area contributed by atoms with Crippen molar-refractivity contribution in [3.63, 3.8) is 0 Å². The largest absolute Gasteiger partial charge is 0.391 e. The summed E-state index contributed by atoms with van der Waals surface area (Å²) in [5, 5.41) is 9.57. The molecule has 0 radical (unpaired) electrons. The van der Waals surface area contributed by atoms with Gasteiger partial charge in [-0.05, 0) is 40.8 Å². The number of halogens is 1. The van der Waals surface area contributed by atoms with Crippen LogP contribution in [-0.4, -0.2) is 40.5 Å². The van der Waals surface area contributed by atoms with Gasteiger partial charge in [-0.2, -0.15) is 0 Å². The SMILES string of the molecule is NC(=O)C1CC(O)CN1C(=O)c1cccc(I)c1. The number of primary amides is 1. The van der Waals surface area contributed by atoms with Crippen molar-refractivity contribution in [2.75, 3.05) is 6.54 Å². The molecule has 0 saturated carbocycles. The first kappa shape index (κ1) is 13.3. The van der Waals surface area contributed by atoms with Gasteiger partial charge in [0.2, 0.25) is 5.91 Å². The van der Waals surface area contributed by atoms with Gasteiger partial charge in [0, 0.05) is 22.1 Å². The zero-order valence-corrected chi connectivity index (χ0v) is 11.7. The fourth-order valence-corrected chi connectivity index (χ4v) is 2.64. The molecule has 2 amide bonds. The number of likely N-dealkylation sites (tertiary alicyclic amines) is 1. The molecule has 18 heavy (non-hydrogen) atoms. The third kappa shape index (κ3) is 2.64. The number of hydrogen-bond donors (Lipinski definition) is 2. The first-order valence-electron chi connectivity index (χ1n) is 5.53. The number of benzene rings is 1. The predicted octanol–water partition coefficient (Wildman–Crippen LogP) is 0.352. The summed E-state index contributed by atoms with van der Waals surface area (Å²) in [6.45, 7) is 0.151. The minimum absolute atomic E-state index is 0.151. The normalized spacial score (nSPS) is 23.1. The van der Waals surface area contributed by atoms with Crippen LogP contribution in [0.4, 0.5) is 0 Å². The quantitative estimate of drug-likeness (QED) is 0.747. The lowest BCUT2D eigenvalue weighted by Gasteiger charge is -2.21. The number of aliphatic hydroxyl groups excluding tert-OH is 1. The molecule has 0 spiro atoms. The molecule has 1 heterocycles. The molecule has 1 aliphatic heterocycles. The molecule has 0 bridgehead atoms. The molecule has 6 heteroatoms. The fraction of sp³-hybridized carbons (Fsp3) is 0.333. The number of hydrogen-bond acceptors (Lipinski definition) is 3. The zero-order chi connectivity index (χ0) is 13.3. The maximum Gasteiger partial charge on any atom is 0.254 e. The Morgan fingerprint density at radius 3 is 2.78 bits per heavy atom. The van der Waals surface area contributed by atoms with Gasteiger partial charge in [0.15, 0.2) is 0 Å². The average Bonchev–Trinajstić information content (AvgIpc) is 2.70. The van der Waals surface area contributed by atoms with E-state index in [2.05, 4.69) is 22.6 Å². The highest BCUT2D eigenvalue weighted by molar-refractivity contribution is 14.1. The van der Waals surface area contributed by atoms with Crippen molar-refractivity contribution >= 4 is 34.4 Å². The second-order valence-electron chi connectivity index (χ2n) is 4.28. The van der Waals surface area contributed by atoms with Gasteiger partial charge in [0.25, 0.3) is 5.91 Å². The van der Waals surface area contributed by atoms with Gasteiger partial charge in [-0.15, -0.1) is 0 Å². The van der Waals surface area contributed by atoms with Gasteiger partial charge in [-0.1, -0.05) is 6.07 Å². The van der Waals surface area contributed by atoms with Crippen molar-refractivity contribution in [2.45, 2.75) is 18.6 Å². The van der Waals surface area contributed by atoms with E-state index in [9.17, 15) is 14.7 Å². The van der Waals surface area contributed by atoms with Gasteiger partial charge in [-0.3, -0.25) is 9.59 Å². The summed E-state index contributed by atoms with van der Waals surface area (Å²) < 4.78 is 0.939. The van der Waals surface area contributed by atoms with Crippen LogP contribution in [0.2, 0.25) is 0 Å². The maximum absolute atomic E-state index is 12.3. The maximum atomic E-state index is 12.3. The van der Waals surface area contributed by atoms with Crippen molar-refractivity contribution < 1.29 is 14.7 Å². The van der Waals surface area contributed by atoms with Crippen molar-refractivity contribution in [1.29, 1.82) is 0 Å². The lowest BCUT2D eigenvalue weighted by Crippen LogP contribution is -2.43. The Morgan fingerprint density at radius 1 is 1.44 bits per heavy atom. The summed E-state index contributed by atoms with van der Waals surface area (Å²) in [5.74, 6) is -0.848. The molecule has 1 fully saturated rings. The molecule has 3 N–H and O–H groups in total. The van der Waals surface area contributed by atoms with E-state index in [0.29, 0.717) is 5.56 Å². The van der Waals surface area contributed by atoms with E-state index in [1.807, 2.05) is 6.07 Å². The minimum atomic E-state index is -0.717. The highest BCUT2D eigenvalue weighted by Crippen LogP contribution is 2.21. The van der Waals surface area contributed by atoms with Crippen LogP contribution >= 0.6 is 22.6 Å². The van der Waals surface area contributed by atoms with Crippen LogP contribution < -0.4 is 5.73 Å². The summed E-state index contributed by atoms with van der Waals surface area (Å²) in [7, 11) is 0. The standard InChI is InChI=1S/C12H13IN2O3/c13-8-3-1-2-7(4-8)12(18)15-6-9(16)5-10(15)11(14)17/h1-4,9-10,16H,5-6H2,(H2,14,17). The summed E-state index contributed by atoms with van der Waals surface area (Å²) in [6, 6.07) is 6.37. The van der Waals surface area contributed by atoms with Crippen LogP contribution in [0.25, 0.3) is 0 Å².